The van der Waals surface area contributed by atoms with E-state index in [9.17, 15) is 14.7 Å². The summed E-state index contributed by atoms with van der Waals surface area (Å²) in [4.78, 5) is 22.5. The Morgan fingerprint density at radius 2 is 1.62 bits per heavy atom. The van der Waals surface area contributed by atoms with Gasteiger partial charge in [-0.1, -0.05) is 19.3 Å². The lowest BCUT2D eigenvalue weighted by molar-refractivity contribution is -0.182. The average Bonchev–Trinajstić information content (AvgIpc) is 2.16. The molecule has 2 aliphatic carbocycles. The molecule has 0 heterocycles. The van der Waals surface area contributed by atoms with Gasteiger partial charge in [-0.25, -0.2) is 0 Å². The van der Waals surface area contributed by atoms with Crippen LogP contribution in [-0.2, 0) is 9.59 Å². The van der Waals surface area contributed by atoms with Crippen molar-refractivity contribution >= 4 is 11.9 Å². The van der Waals surface area contributed by atoms with E-state index >= 15 is 0 Å². The second-order valence-electron chi connectivity index (χ2n) is 5.11. The normalized spacial score (nSPS) is 35.4. The second-order valence-corrected chi connectivity index (χ2v) is 5.11. The van der Waals surface area contributed by atoms with E-state index in [1.54, 1.807) is 0 Å². The minimum absolute atomic E-state index is 0.0774. The molecule has 0 aromatic heterocycles. The third-order valence-electron chi connectivity index (χ3n) is 4.50. The lowest BCUT2D eigenvalue weighted by Crippen LogP contribution is -2.55. The maximum atomic E-state index is 11.5. The molecule has 2 saturated carbocycles. The highest BCUT2D eigenvalue weighted by atomic mass is 16.4. The summed E-state index contributed by atoms with van der Waals surface area (Å²) in [6.45, 7) is 0. The molecule has 2 fully saturated rings. The first-order chi connectivity index (χ1) is 7.59. The van der Waals surface area contributed by atoms with Crippen molar-refractivity contribution in [1.82, 2.24) is 0 Å². The summed E-state index contributed by atoms with van der Waals surface area (Å²) in [5.74, 6) is -2.40. The molecule has 16 heavy (non-hydrogen) atoms. The van der Waals surface area contributed by atoms with Crippen LogP contribution in [0.25, 0.3) is 0 Å². The zero-order chi connectivity index (χ0) is 11.8. The van der Waals surface area contributed by atoms with Crippen molar-refractivity contribution in [2.24, 2.45) is 17.3 Å². The van der Waals surface area contributed by atoms with Crippen LogP contribution in [-0.4, -0.2) is 22.2 Å². The number of rotatable bonds is 3. The quantitative estimate of drug-likeness (QED) is 0.773. The van der Waals surface area contributed by atoms with E-state index in [1.165, 1.54) is 0 Å². The Morgan fingerprint density at radius 3 is 2.00 bits per heavy atom. The molecule has 2 N–H and O–H groups in total. The van der Waals surface area contributed by atoms with Crippen molar-refractivity contribution in [2.45, 2.75) is 44.9 Å². The zero-order valence-corrected chi connectivity index (χ0v) is 9.32. The summed E-state index contributed by atoms with van der Waals surface area (Å²) in [5, 5.41) is 18.5. The molecule has 4 heteroatoms. The largest absolute Gasteiger partial charge is 0.481 e. The van der Waals surface area contributed by atoms with Gasteiger partial charge in [-0.3, -0.25) is 9.59 Å². The Morgan fingerprint density at radius 1 is 1.00 bits per heavy atom. The number of carboxylic acids is 2. The van der Waals surface area contributed by atoms with Crippen LogP contribution in [0.2, 0.25) is 0 Å². The first-order valence-electron chi connectivity index (χ1n) is 6.05. The van der Waals surface area contributed by atoms with Crippen LogP contribution in [0.4, 0.5) is 0 Å². The van der Waals surface area contributed by atoms with Crippen LogP contribution in [0.3, 0.4) is 0 Å². The summed E-state index contributed by atoms with van der Waals surface area (Å²) in [6, 6.07) is 0. The second kappa shape index (κ2) is 4.07. The van der Waals surface area contributed by atoms with Crippen LogP contribution in [0, 0.1) is 17.3 Å². The summed E-state index contributed by atoms with van der Waals surface area (Å²) >= 11 is 0. The molecule has 0 radical (unpaired) electrons. The molecule has 0 spiro atoms. The molecule has 0 amide bonds. The van der Waals surface area contributed by atoms with Gasteiger partial charge >= 0.3 is 11.9 Å². The summed E-state index contributed by atoms with van der Waals surface area (Å²) in [5.41, 5.74) is -0.952. The van der Waals surface area contributed by atoms with Gasteiger partial charge in [0.05, 0.1) is 11.3 Å². The van der Waals surface area contributed by atoms with Crippen molar-refractivity contribution in [1.29, 1.82) is 0 Å². The van der Waals surface area contributed by atoms with Crippen LogP contribution in [0.5, 0.6) is 0 Å². The fraction of sp³-hybridized carbons (Fsp3) is 0.833. The first kappa shape index (κ1) is 11.4. The Balaban J connectivity index is 2.21. The van der Waals surface area contributed by atoms with E-state index in [0.717, 1.165) is 32.1 Å². The number of hydrogen-bond donors (Lipinski definition) is 2. The molecule has 0 bridgehead atoms. The van der Waals surface area contributed by atoms with Gasteiger partial charge in [-0.05, 0) is 31.6 Å². The van der Waals surface area contributed by atoms with Gasteiger partial charge < -0.3 is 10.2 Å². The number of aliphatic carboxylic acids is 2. The van der Waals surface area contributed by atoms with E-state index in [0.29, 0.717) is 12.8 Å². The molecule has 4 nitrogen and oxygen atoms in total. The summed E-state index contributed by atoms with van der Waals surface area (Å²) in [7, 11) is 0. The van der Waals surface area contributed by atoms with Crippen molar-refractivity contribution in [2.75, 3.05) is 0 Å². The fourth-order valence-corrected chi connectivity index (χ4v) is 3.48. The molecule has 0 aliphatic heterocycles. The molecule has 2 aliphatic rings. The average molecular weight is 226 g/mol. The minimum atomic E-state index is -0.952. The number of carboxylic acid groups (broad SMARTS) is 2. The van der Waals surface area contributed by atoms with Gasteiger partial charge in [0, 0.05) is 0 Å². The van der Waals surface area contributed by atoms with E-state index in [1.807, 2.05) is 0 Å². The van der Waals surface area contributed by atoms with Crippen molar-refractivity contribution in [3.63, 3.8) is 0 Å². The topological polar surface area (TPSA) is 74.6 Å². The molecule has 0 saturated heterocycles. The van der Waals surface area contributed by atoms with Gasteiger partial charge in [0.25, 0.3) is 0 Å². The lowest BCUT2D eigenvalue weighted by atomic mass is 9.51. The monoisotopic (exact) mass is 226 g/mol. The molecule has 0 aromatic rings. The minimum Gasteiger partial charge on any atom is -0.481 e. The van der Waals surface area contributed by atoms with E-state index in [-0.39, 0.29) is 5.92 Å². The number of carbonyl (C=O) groups is 2. The molecule has 2 atom stereocenters. The van der Waals surface area contributed by atoms with Crippen LogP contribution < -0.4 is 0 Å². The van der Waals surface area contributed by atoms with Gasteiger partial charge in [0.1, 0.15) is 0 Å². The predicted octanol–water partition coefficient (Wildman–Crippen LogP) is 2.13. The van der Waals surface area contributed by atoms with Crippen LogP contribution >= 0.6 is 0 Å². The van der Waals surface area contributed by atoms with Crippen LogP contribution in [0.15, 0.2) is 0 Å². The Bertz CT molecular complexity index is 306. The van der Waals surface area contributed by atoms with Gasteiger partial charge in [-0.2, -0.15) is 0 Å². The maximum Gasteiger partial charge on any atom is 0.310 e. The zero-order valence-electron chi connectivity index (χ0n) is 9.32. The molecular formula is C12H18O4. The molecule has 2 rings (SSSR count). The van der Waals surface area contributed by atoms with E-state index in [2.05, 4.69) is 0 Å². The highest BCUT2D eigenvalue weighted by Crippen LogP contribution is 2.56. The third-order valence-corrected chi connectivity index (χ3v) is 4.50. The van der Waals surface area contributed by atoms with Crippen molar-refractivity contribution in [3.05, 3.63) is 0 Å². The van der Waals surface area contributed by atoms with Gasteiger partial charge in [0.15, 0.2) is 0 Å². The smallest absolute Gasteiger partial charge is 0.310 e. The van der Waals surface area contributed by atoms with Crippen molar-refractivity contribution in [3.8, 4) is 0 Å². The first-order valence-corrected chi connectivity index (χ1v) is 6.05. The van der Waals surface area contributed by atoms with Crippen LogP contribution in [0.1, 0.15) is 44.9 Å². The Labute approximate surface area is 94.7 Å². The molecule has 0 unspecified atom stereocenters. The van der Waals surface area contributed by atoms with Gasteiger partial charge in [-0.15, -0.1) is 0 Å². The summed E-state index contributed by atoms with van der Waals surface area (Å²) < 4.78 is 0. The summed E-state index contributed by atoms with van der Waals surface area (Å²) in [6.07, 6.45) is 6.09. The van der Waals surface area contributed by atoms with E-state index in [4.69, 9.17) is 5.11 Å². The highest BCUT2D eigenvalue weighted by Gasteiger charge is 2.60. The molecule has 0 aromatic carbocycles. The molecule has 90 valence electrons. The third kappa shape index (κ3) is 1.51. The van der Waals surface area contributed by atoms with E-state index < -0.39 is 23.3 Å². The van der Waals surface area contributed by atoms with Gasteiger partial charge in [0.2, 0.25) is 0 Å². The Hall–Kier alpha value is -1.06. The standard InChI is InChI=1S/C12H18O4/c13-10(14)9-6-7-12(9,11(15)16)8-4-2-1-3-5-8/h8-9H,1-7H2,(H,13,14)(H,15,16)/t9-,12-/m1/s1. The predicted molar refractivity (Wildman–Crippen MR) is 57.0 cm³/mol. The SMILES string of the molecule is O=C(O)[C@H]1CC[C@@]1(C(=O)O)C1CCCCC1. The van der Waals surface area contributed by atoms with Crippen molar-refractivity contribution < 1.29 is 19.8 Å². The Kier molecular flexibility index (Phi) is 2.91. The fourth-order valence-electron chi connectivity index (χ4n) is 3.48. The maximum absolute atomic E-state index is 11.5. The molecular weight excluding hydrogens is 208 g/mol. The number of hydrogen-bond acceptors (Lipinski definition) is 2. The highest BCUT2D eigenvalue weighted by molar-refractivity contribution is 5.85. The lowest BCUT2D eigenvalue weighted by Gasteiger charge is -2.50.